The summed E-state index contributed by atoms with van der Waals surface area (Å²) in [7, 11) is 0. The molecule has 0 aromatic carbocycles. The van der Waals surface area contributed by atoms with Gasteiger partial charge in [0.25, 0.3) is 0 Å². The fraction of sp³-hybridized carbons (Fsp3) is 0.792. The molecule has 214 valence electrons. The highest BCUT2D eigenvalue weighted by Gasteiger charge is 2.16. The summed E-state index contributed by atoms with van der Waals surface area (Å²) in [5.41, 5.74) is -0.618. The van der Waals surface area contributed by atoms with Gasteiger partial charge in [-0.2, -0.15) is 0 Å². The van der Waals surface area contributed by atoms with Gasteiger partial charge < -0.3 is 39.4 Å². The van der Waals surface area contributed by atoms with E-state index in [1.54, 1.807) is 20.8 Å². The molecule has 0 bridgehead atoms. The van der Waals surface area contributed by atoms with Gasteiger partial charge in [-0.15, -0.1) is 0 Å². The summed E-state index contributed by atoms with van der Waals surface area (Å²) in [4.78, 5) is 58.2. The molecular weight excluding hydrogens is 492 g/mol. The van der Waals surface area contributed by atoms with Gasteiger partial charge in [-0.1, -0.05) is 0 Å². The SMILES string of the molecule is CC(C)(C)OC(=O)NCCOC(=O)CCC(=O)NCCOCCOC(=O)CCC(=O)CCCOCCO. The fourth-order valence-corrected chi connectivity index (χ4v) is 2.56. The minimum absolute atomic E-state index is 0.00489. The van der Waals surface area contributed by atoms with Gasteiger partial charge in [0.15, 0.2) is 0 Å². The predicted molar refractivity (Wildman–Crippen MR) is 131 cm³/mol. The van der Waals surface area contributed by atoms with Crippen LogP contribution in [-0.2, 0) is 42.9 Å². The Kier molecular flexibility index (Phi) is 19.7. The van der Waals surface area contributed by atoms with Crippen LogP contribution in [0.5, 0.6) is 0 Å². The number of aliphatic hydroxyl groups excluding tert-OH is 1. The van der Waals surface area contributed by atoms with Gasteiger partial charge in [-0.05, 0) is 27.2 Å². The first kappa shape index (κ1) is 34.2. The molecule has 0 atom stereocenters. The molecule has 0 aromatic heterocycles. The van der Waals surface area contributed by atoms with Crippen LogP contribution >= 0.6 is 0 Å². The average Bonchev–Trinajstić information content (AvgIpc) is 2.82. The molecule has 13 nitrogen and oxygen atoms in total. The molecule has 3 N–H and O–H groups in total. The van der Waals surface area contributed by atoms with E-state index in [9.17, 15) is 24.0 Å². The molecule has 0 unspecified atom stereocenters. The predicted octanol–water partition coefficient (Wildman–Crippen LogP) is 0.649. The van der Waals surface area contributed by atoms with E-state index in [2.05, 4.69) is 10.6 Å². The number of ketones is 1. The first-order valence-electron chi connectivity index (χ1n) is 12.4. The Hall–Kier alpha value is -2.77. The molecule has 0 aliphatic heterocycles. The number of nitrogens with one attached hydrogen (secondary N) is 2. The molecule has 0 fully saturated rings. The molecular formula is C24H42N2O11. The molecule has 0 aromatic rings. The summed E-state index contributed by atoms with van der Waals surface area (Å²) in [6, 6.07) is 0. The van der Waals surface area contributed by atoms with Crippen LogP contribution in [0.2, 0.25) is 0 Å². The van der Waals surface area contributed by atoms with Crippen LogP contribution in [0.4, 0.5) is 4.79 Å². The highest BCUT2D eigenvalue weighted by atomic mass is 16.6. The number of carbonyl (C=O) groups excluding carboxylic acids is 5. The Balaban J connectivity index is 3.59. The third kappa shape index (κ3) is 24.7. The molecule has 13 heteroatoms. The molecule has 2 amide bonds. The number of amides is 2. The lowest BCUT2D eigenvalue weighted by Gasteiger charge is -2.19. The second kappa shape index (κ2) is 21.3. The van der Waals surface area contributed by atoms with Crippen molar-refractivity contribution < 1.29 is 52.8 Å². The number of ether oxygens (including phenoxy) is 5. The third-order valence-corrected chi connectivity index (χ3v) is 4.24. The summed E-state index contributed by atoms with van der Waals surface area (Å²) >= 11 is 0. The van der Waals surface area contributed by atoms with Crippen molar-refractivity contribution >= 4 is 29.7 Å². The number of carbonyl (C=O) groups is 5. The van der Waals surface area contributed by atoms with E-state index >= 15 is 0 Å². The second-order valence-corrected chi connectivity index (χ2v) is 8.81. The van der Waals surface area contributed by atoms with Crippen LogP contribution in [0.15, 0.2) is 0 Å². The van der Waals surface area contributed by atoms with Crippen LogP contribution in [0.1, 0.15) is 59.3 Å². The Morgan fingerprint density at radius 1 is 0.676 bits per heavy atom. The van der Waals surface area contributed by atoms with Crippen molar-refractivity contribution in [3.63, 3.8) is 0 Å². The van der Waals surface area contributed by atoms with Gasteiger partial charge in [-0.25, -0.2) is 4.79 Å². The zero-order chi connectivity index (χ0) is 27.9. The van der Waals surface area contributed by atoms with Gasteiger partial charge in [0, 0.05) is 32.4 Å². The summed E-state index contributed by atoms with van der Waals surface area (Å²) in [5.74, 6) is -1.45. The van der Waals surface area contributed by atoms with E-state index in [4.69, 9.17) is 28.8 Å². The van der Waals surface area contributed by atoms with Crippen molar-refractivity contribution in [2.24, 2.45) is 0 Å². The third-order valence-electron chi connectivity index (χ3n) is 4.24. The standard InChI is InChI=1S/C24H42N2O11/c1-24(2,3)37-23(32)26-11-15-35-22(31)9-7-20(29)25-10-14-34-17-18-36-21(30)8-6-19(28)5-4-13-33-16-12-27/h27H,4-18H2,1-3H3,(H,25,29)(H,26,32). The van der Waals surface area contributed by atoms with Gasteiger partial charge in [0.2, 0.25) is 5.91 Å². The van der Waals surface area contributed by atoms with Gasteiger partial charge in [0.05, 0.1) is 45.8 Å². The van der Waals surface area contributed by atoms with E-state index in [0.717, 1.165) is 0 Å². The maximum absolute atomic E-state index is 11.8. The Morgan fingerprint density at radius 2 is 1.30 bits per heavy atom. The molecule has 0 spiro atoms. The van der Waals surface area contributed by atoms with Gasteiger partial charge in [-0.3, -0.25) is 19.2 Å². The monoisotopic (exact) mass is 534 g/mol. The van der Waals surface area contributed by atoms with E-state index in [1.165, 1.54) is 0 Å². The maximum atomic E-state index is 11.8. The van der Waals surface area contributed by atoms with Crippen molar-refractivity contribution in [2.45, 2.75) is 64.9 Å². The quantitative estimate of drug-likeness (QED) is 0.107. The summed E-state index contributed by atoms with van der Waals surface area (Å²) < 4.78 is 25.3. The zero-order valence-corrected chi connectivity index (χ0v) is 22.1. The normalized spacial score (nSPS) is 10.9. The van der Waals surface area contributed by atoms with Crippen molar-refractivity contribution in [3.05, 3.63) is 0 Å². The number of alkyl carbamates (subject to hydrolysis) is 1. The van der Waals surface area contributed by atoms with Crippen LogP contribution < -0.4 is 10.6 Å². The summed E-state index contributed by atoms with van der Waals surface area (Å²) in [5, 5.41) is 13.6. The van der Waals surface area contributed by atoms with E-state index < -0.39 is 23.6 Å². The number of esters is 2. The molecule has 0 heterocycles. The number of hydrogen-bond donors (Lipinski definition) is 3. The fourth-order valence-electron chi connectivity index (χ4n) is 2.56. The van der Waals surface area contributed by atoms with Crippen molar-refractivity contribution in [1.82, 2.24) is 10.6 Å². The maximum Gasteiger partial charge on any atom is 0.407 e. The number of rotatable bonds is 21. The second-order valence-electron chi connectivity index (χ2n) is 8.81. The Bertz CT molecular complexity index is 693. The Labute approximate surface area is 217 Å². The minimum Gasteiger partial charge on any atom is -0.464 e. The molecule has 0 aliphatic carbocycles. The number of aliphatic hydroxyl groups is 1. The van der Waals surface area contributed by atoms with Crippen LogP contribution in [0, 0.1) is 0 Å². The highest BCUT2D eigenvalue weighted by Crippen LogP contribution is 2.06. The van der Waals surface area contributed by atoms with Gasteiger partial charge >= 0.3 is 18.0 Å². The lowest BCUT2D eigenvalue weighted by atomic mass is 10.1. The largest absolute Gasteiger partial charge is 0.464 e. The molecule has 0 saturated carbocycles. The molecule has 0 rings (SSSR count). The Morgan fingerprint density at radius 3 is 1.97 bits per heavy atom. The van der Waals surface area contributed by atoms with Crippen molar-refractivity contribution in [3.8, 4) is 0 Å². The topological polar surface area (TPSA) is 176 Å². The highest BCUT2D eigenvalue weighted by molar-refractivity contribution is 5.83. The van der Waals surface area contributed by atoms with Crippen molar-refractivity contribution in [1.29, 1.82) is 0 Å². The van der Waals surface area contributed by atoms with E-state index in [0.29, 0.717) is 19.4 Å². The molecule has 0 saturated heterocycles. The average molecular weight is 535 g/mol. The molecule has 0 radical (unpaired) electrons. The lowest BCUT2D eigenvalue weighted by molar-refractivity contribution is -0.146. The first-order valence-corrected chi connectivity index (χ1v) is 12.4. The van der Waals surface area contributed by atoms with Crippen LogP contribution in [0.25, 0.3) is 0 Å². The first-order chi connectivity index (χ1) is 17.5. The van der Waals surface area contributed by atoms with Gasteiger partial charge in [0.1, 0.15) is 24.6 Å². The zero-order valence-electron chi connectivity index (χ0n) is 22.1. The van der Waals surface area contributed by atoms with Crippen molar-refractivity contribution in [2.75, 3.05) is 59.3 Å². The number of Topliss-reactive ketones (excluding diaryl/α,β-unsaturated/α-hetero) is 1. The number of hydrogen-bond acceptors (Lipinski definition) is 11. The minimum atomic E-state index is -0.618. The summed E-state index contributed by atoms with van der Waals surface area (Å²) in [6.07, 6.45) is 0.180. The lowest BCUT2D eigenvalue weighted by Crippen LogP contribution is -2.34. The van der Waals surface area contributed by atoms with E-state index in [-0.39, 0.29) is 90.1 Å². The summed E-state index contributed by atoms with van der Waals surface area (Å²) in [6.45, 7) is 6.42. The van der Waals surface area contributed by atoms with Crippen LogP contribution in [0.3, 0.4) is 0 Å². The van der Waals surface area contributed by atoms with Crippen LogP contribution in [-0.4, -0.2) is 99.8 Å². The molecule has 0 aliphatic rings. The smallest absolute Gasteiger partial charge is 0.407 e. The molecule has 37 heavy (non-hydrogen) atoms. The van der Waals surface area contributed by atoms with E-state index in [1.807, 2.05) is 0 Å².